The molecule has 1 aromatic rings. The number of amides is 1. The summed E-state index contributed by atoms with van der Waals surface area (Å²) in [5.41, 5.74) is 0.852. The number of benzene rings is 1. The van der Waals surface area contributed by atoms with Gasteiger partial charge in [0.15, 0.2) is 12.6 Å². The number of carbonyl (C=O) groups excluding carboxylic acids is 1. The van der Waals surface area contributed by atoms with Crippen molar-refractivity contribution in [2.75, 3.05) is 31.6 Å². The summed E-state index contributed by atoms with van der Waals surface area (Å²) in [6.07, 6.45) is 0.830. The van der Waals surface area contributed by atoms with E-state index in [-0.39, 0.29) is 12.5 Å². The second kappa shape index (κ2) is 8.57. The van der Waals surface area contributed by atoms with E-state index in [9.17, 15) is 4.79 Å². The molecule has 0 aromatic heterocycles. The quantitative estimate of drug-likeness (QED) is 0.475. The number of ether oxygens (including phenoxy) is 1. The molecule has 0 radical (unpaired) electrons. The van der Waals surface area contributed by atoms with Gasteiger partial charge in [0, 0.05) is 26.2 Å². The number of hydrogen-bond acceptors (Lipinski definition) is 3. The molecule has 1 aliphatic heterocycles. The minimum Gasteiger partial charge on any atom is -0.482 e. The predicted molar refractivity (Wildman–Crippen MR) is 97.7 cm³/mol. The lowest BCUT2D eigenvalue weighted by atomic mass is 10.1. The number of nitrogens with zero attached hydrogens (tertiary/aromatic N) is 2. The molecule has 1 amide bonds. The summed E-state index contributed by atoms with van der Waals surface area (Å²) in [5.74, 6) is 2.11. The van der Waals surface area contributed by atoms with Gasteiger partial charge in [-0.1, -0.05) is 26.0 Å². The van der Waals surface area contributed by atoms with E-state index in [1.807, 2.05) is 24.3 Å². The van der Waals surface area contributed by atoms with Gasteiger partial charge in [0.2, 0.25) is 0 Å². The van der Waals surface area contributed by atoms with Gasteiger partial charge in [-0.3, -0.25) is 9.79 Å². The predicted octanol–water partition coefficient (Wildman–Crippen LogP) is 2.01. The maximum Gasteiger partial charge on any atom is 0.265 e. The average molecular weight is 332 g/mol. The number of carbonyl (C=O) groups is 1. The molecule has 1 aromatic carbocycles. The third-order valence-electron chi connectivity index (χ3n) is 4.25. The van der Waals surface area contributed by atoms with Crippen LogP contribution in [0.25, 0.3) is 0 Å². The summed E-state index contributed by atoms with van der Waals surface area (Å²) < 4.78 is 5.46. The fraction of sp³-hybridized carbons (Fsp3) is 0.556. The molecule has 0 saturated carbocycles. The number of nitrogens with one attached hydrogen (secondary N) is 2. The fourth-order valence-corrected chi connectivity index (χ4v) is 2.42. The van der Waals surface area contributed by atoms with E-state index in [1.54, 1.807) is 11.9 Å². The molecule has 6 heteroatoms. The molecular weight excluding hydrogens is 304 g/mol. The zero-order valence-corrected chi connectivity index (χ0v) is 15.0. The Balaban J connectivity index is 1.83. The molecule has 0 spiro atoms. The van der Waals surface area contributed by atoms with Gasteiger partial charge in [-0.15, -0.1) is 0 Å². The molecule has 1 aliphatic rings. The highest BCUT2D eigenvalue weighted by Crippen LogP contribution is 2.31. The van der Waals surface area contributed by atoms with Gasteiger partial charge in [-0.2, -0.15) is 0 Å². The fourth-order valence-electron chi connectivity index (χ4n) is 2.42. The van der Waals surface area contributed by atoms with E-state index >= 15 is 0 Å². The van der Waals surface area contributed by atoms with Crippen LogP contribution in [0, 0.1) is 5.92 Å². The summed E-state index contributed by atoms with van der Waals surface area (Å²) >= 11 is 0. The molecule has 24 heavy (non-hydrogen) atoms. The van der Waals surface area contributed by atoms with Gasteiger partial charge in [0.05, 0.1) is 5.69 Å². The monoisotopic (exact) mass is 332 g/mol. The van der Waals surface area contributed by atoms with Crippen LogP contribution in [-0.4, -0.2) is 44.7 Å². The van der Waals surface area contributed by atoms with Crippen molar-refractivity contribution in [2.24, 2.45) is 10.9 Å². The first-order valence-electron chi connectivity index (χ1n) is 8.52. The van der Waals surface area contributed by atoms with E-state index in [4.69, 9.17) is 4.74 Å². The lowest BCUT2D eigenvalue weighted by Gasteiger charge is -2.29. The van der Waals surface area contributed by atoms with E-state index < -0.39 is 0 Å². The van der Waals surface area contributed by atoms with Crippen LogP contribution in [0.2, 0.25) is 0 Å². The molecule has 2 N–H and O–H groups in total. The second-order valence-corrected chi connectivity index (χ2v) is 6.33. The Morgan fingerprint density at radius 1 is 1.33 bits per heavy atom. The first-order chi connectivity index (χ1) is 11.5. The van der Waals surface area contributed by atoms with Crippen molar-refractivity contribution in [1.29, 1.82) is 0 Å². The number of hydrogen-bond donors (Lipinski definition) is 2. The van der Waals surface area contributed by atoms with Crippen molar-refractivity contribution in [3.05, 3.63) is 24.3 Å². The van der Waals surface area contributed by atoms with Crippen molar-refractivity contribution in [1.82, 2.24) is 10.6 Å². The molecule has 1 heterocycles. The molecule has 132 valence electrons. The Morgan fingerprint density at radius 3 is 2.79 bits per heavy atom. The number of aliphatic imine (C=N–C) groups is 1. The lowest BCUT2D eigenvalue weighted by molar-refractivity contribution is -0.121. The highest BCUT2D eigenvalue weighted by molar-refractivity contribution is 5.97. The van der Waals surface area contributed by atoms with E-state index in [0.717, 1.165) is 30.4 Å². The van der Waals surface area contributed by atoms with Crippen LogP contribution in [0.3, 0.4) is 0 Å². The summed E-state index contributed by atoms with van der Waals surface area (Å²) in [4.78, 5) is 18.1. The van der Waals surface area contributed by atoms with Crippen LogP contribution in [0.4, 0.5) is 5.69 Å². The topological polar surface area (TPSA) is 66.0 Å². The second-order valence-electron chi connectivity index (χ2n) is 6.33. The van der Waals surface area contributed by atoms with E-state index in [1.165, 1.54) is 0 Å². The average Bonchev–Trinajstić information content (AvgIpc) is 2.58. The van der Waals surface area contributed by atoms with Crippen LogP contribution in [0.1, 0.15) is 27.2 Å². The molecular formula is C18H28N4O2. The van der Waals surface area contributed by atoms with Gasteiger partial charge in [0.1, 0.15) is 5.75 Å². The van der Waals surface area contributed by atoms with Crippen molar-refractivity contribution < 1.29 is 9.53 Å². The van der Waals surface area contributed by atoms with Gasteiger partial charge in [0.25, 0.3) is 5.91 Å². The number of fused-ring (bicyclic) bond motifs is 1. The van der Waals surface area contributed by atoms with E-state index in [2.05, 4.69) is 36.4 Å². The summed E-state index contributed by atoms with van der Waals surface area (Å²) in [5, 5.41) is 6.67. The van der Waals surface area contributed by atoms with Crippen molar-refractivity contribution in [2.45, 2.75) is 33.2 Å². The standard InChI is InChI=1S/C18H28N4O2/c1-13(2)14(3)21-18(19-4)20-10-7-11-22-15-8-5-6-9-16(15)24-12-17(22)23/h5-6,8-9,13-14H,7,10-12H2,1-4H3,(H2,19,20,21). The van der Waals surface area contributed by atoms with Gasteiger partial charge in [-0.25, -0.2) is 0 Å². The van der Waals surface area contributed by atoms with Crippen LogP contribution in [0.5, 0.6) is 5.75 Å². The lowest BCUT2D eigenvalue weighted by Crippen LogP contribution is -2.45. The summed E-state index contributed by atoms with van der Waals surface area (Å²) in [6.45, 7) is 8.00. The molecule has 0 bridgehead atoms. The Kier molecular flexibility index (Phi) is 6.46. The van der Waals surface area contributed by atoms with Crippen molar-refractivity contribution in [3.8, 4) is 5.75 Å². The number of guanidine groups is 1. The molecule has 0 saturated heterocycles. The first kappa shape index (κ1) is 18.1. The van der Waals surface area contributed by atoms with Crippen molar-refractivity contribution >= 4 is 17.6 Å². The minimum atomic E-state index is 0.00429. The molecule has 2 rings (SSSR count). The normalized spacial score (nSPS) is 15.8. The Hall–Kier alpha value is -2.24. The zero-order valence-electron chi connectivity index (χ0n) is 15.0. The molecule has 1 atom stereocenters. The Bertz CT molecular complexity index is 586. The Labute approximate surface area is 144 Å². The smallest absolute Gasteiger partial charge is 0.265 e. The number of para-hydroxylation sites is 2. The molecule has 6 nitrogen and oxygen atoms in total. The SMILES string of the molecule is CN=C(NCCCN1C(=O)COc2ccccc21)NC(C)C(C)C. The Morgan fingerprint density at radius 2 is 2.08 bits per heavy atom. The zero-order chi connectivity index (χ0) is 17.5. The van der Waals surface area contributed by atoms with Gasteiger partial charge < -0.3 is 20.3 Å². The largest absolute Gasteiger partial charge is 0.482 e. The third kappa shape index (κ3) is 4.63. The molecule has 1 unspecified atom stereocenters. The van der Waals surface area contributed by atoms with Crippen LogP contribution >= 0.6 is 0 Å². The highest BCUT2D eigenvalue weighted by atomic mass is 16.5. The maximum absolute atomic E-state index is 12.1. The number of anilines is 1. The molecule has 0 aliphatic carbocycles. The summed E-state index contributed by atoms with van der Waals surface area (Å²) in [6, 6.07) is 8.01. The third-order valence-corrected chi connectivity index (χ3v) is 4.25. The van der Waals surface area contributed by atoms with Crippen LogP contribution < -0.4 is 20.3 Å². The molecule has 0 fully saturated rings. The van der Waals surface area contributed by atoms with Crippen LogP contribution in [-0.2, 0) is 4.79 Å². The van der Waals surface area contributed by atoms with E-state index in [0.29, 0.717) is 18.5 Å². The minimum absolute atomic E-state index is 0.00429. The van der Waals surface area contributed by atoms with Crippen molar-refractivity contribution in [3.63, 3.8) is 0 Å². The summed E-state index contributed by atoms with van der Waals surface area (Å²) in [7, 11) is 1.77. The van der Waals surface area contributed by atoms with Crippen LogP contribution in [0.15, 0.2) is 29.3 Å². The maximum atomic E-state index is 12.1. The van der Waals surface area contributed by atoms with Gasteiger partial charge in [-0.05, 0) is 31.4 Å². The van der Waals surface area contributed by atoms with Gasteiger partial charge >= 0.3 is 0 Å². The highest BCUT2D eigenvalue weighted by Gasteiger charge is 2.24. The number of rotatable bonds is 6. The first-order valence-corrected chi connectivity index (χ1v) is 8.52.